The molecule has 2 aromatic rings. The summed E-state index contributed by atoms with van der Waals surface area (Å²) in [7, 11) is 0. The van der Waals surface area contributed by atoms with E-state index in [0.717, 1.165) is 23.1 Å². The van der Waals surface area contributed by atoms with Gasteiger partial charge in [0.25, 0.3) is 0 Å². The minimum absolute atomic E-state index is 0.131. The number of benzene rings is 1. The molecular weight excluding hydrogens is 218 g/mol. The molecule has 16 heavy (non-hydrogen) atoms. The summed E-state index contributed by atoms with van der Waals surface area (Å²) >= 11 is 1.26. The van der Waals surface area contributed by atoms with Crippen molar-refractivity contribution < 1.29 is 0 Å². The number of anilines is 1. The van der Waals surface area contributed by atoms with E-state index in [1.165, 1.54) is 18.1 Å². The lowest BCUT2D eigenvalue weighted by atomic mass is 9.98. The molecular formula is C12H17N3S. The summed E-state index contributed by atoms with van der Waals surface area (Å²) in [4.78, 5) is 0. The van der Waals surface area contributed by atoms with Gasteiger partial charge in [-0.1, -0.05) is 13.3 Å². The molecule has 3 nitrogen and oxygen atoms in total. The van der Waals surface area contributed by atoms with Gasteiger partial charge in [0.2, 0.25) is 0 Å². The fourth-order valence-electron chi connectivity index (χ4n) is 1.94. The smallest absolute Gasteiger partial charge is 0.106 e. The molecule has 0 aliphatic carbocycles. The van der Waals surface area contributed by atoms with Crippen molar-refractivity contribution in [3.63, 3.8) is 0 Å². The van der Waals surface area contributed by atoms with Crippen molar-refractivity contribution in [2.75, 3.05) is 5.32 Å². The van der Waals surface area contributed by atoms with E-state index in [0.29, 0.717) is 0 Å². The Morgan fingerprint density at radius 1 is 1.25 bits per heavy atom. The van der Waals surface area contributed by atoms with Crippen molar-refractivity contribution in [3.05, 3.63) is 18.2 Å². The molecule has 0 spiro atoms. The van der Waals surface area contributed by atoms with Crippen LogP contribution in [-0.2, 0) is 0 Å². The van der Waals surface area contributed by atoms with Crippen molar-refractivity contribution in [1.82, 2.24) is 8.75 Å². The summed E-state index contributed by atoms with van der Waals surface area (Å²) in [5, 5.41) is 3.54. The highest BCUT2D eigenvalue weighted by Gasteiger charge is 2.16. The zero-order valence-corrected chi connectivity index (χ0v) is 10.8. The Kier molecular flexibility index (Phi) is 3.10. The Hall–Kier alpha value is -1.16. The molecule has 1 heterocycles. The minimum atomic E-state index is 0.131. The molecule has 0 aliphatic rings. The average molecular weight is 235 g/mol. The van der Waals surface area contributed by atoms with Crippen molar-refractivity contribution >= 4 is 28.4 Å². The van der Waals surface area contributed by atoms with E-state index in [1.807, 2.05) is 6.07 Å². The van der Waals surface area contributed by atoms with Crippen LogP contribution < -0.4 is 5.32 Å². The molecule has 1 N–H and O–H groups in total. The highest BCUT2D eigenvalue weighted by molar-refractivity contribution is 7.00. The zero-order valence-electron chi connectivity index (χ0n) is 9.95. The van der Waals surface area contributed by atoms with E-state index in [2.05, 4.69) is 47.0 Å². The molecule has 0 bridgehead atoms. The Bertz CT molecular complexity index is 476. The SMILES string of the molecule is CCCC(C)(C)Nc1ccc2nsnc2c1. The van der Waals surface area contributed by atoms with E-state index in [-0.39, 0.29) is 5.54 Å². The Labute approximate surface area is 100 Å². The number of rotatable bonds is 4. The van der Waals surface area contributed by atoms with Crippen LogP contribution in [-0.4, -0.2) is 14.3 Å². The molecule has 86 valence electrons. The second-order valence-electron chi connectivity index (χ2n) is 4.73. The molecule has 0 radical (unpaired) electrons. The number of hydrogen-bond acceptors (Lipinski definition) is 4. The van der Waals surface area contributed by atoms with E-state index in [9.17, 15) is 0 Å². The summed E-state index contributed by atoms with van der Waals surface area (Å²) in [6.45, 7) is 6.65. The standard InChI is InChI=1S/C12H17N3S/c1-4-7-12(2,3)13-9-5-6-10-11(8-9)15-16-14-10/h5-6,8,13H,4,7H2,1-3H3. The van der Waals surface area contributed by atoms with Gasteiger partial charge in [-0.25, -0.2) is 0 Å². The molecule has 1 aromatic heterocycles. The van der Waals surface area contributed by atoms with Gasteiger partial charge in [0.15, 0.2) is 0 Å². The van der Waals surface area contributed by atoms with Crippen LogP contribution in [0.1, 0.15) is 33.6 Å². The summed E-state index contributed by atoms with van der Waals surface area (Å²) < 4.78 is 8.44. The maximum atomic E-state index is 4.25. The largest absolute Gasteiger partial charge is 0.380 e. The lowest BCUT2D eigenvalue weighted by Crippen LogP contribution is -2.30. The van der Waals surface area contributed by atoms with Crippen LogP contribution in [0.5, 0.6) is 0 Å². The molecule has 0 amide bonds. The predicted molar refractivity (Wildman–Crippen MR) is 70.0 cm³/mol. The van der Waals surface area contributed by atoms with Gasteiger partial charge in [0, 0.05) is 11.2 Å². The van der Waals surface area contributed by atoms with Gasteiger partial charge in [0.1, 0.15) is 11.0 Å². The first kappa shape index (κ1) is 11.3. The minimum Gasteiger partial charge on any atom is -0.380 e. The van der Waals surface area contributed by atoms with Gasteiger partial charge in [-0.05, 0) is 38.5 Å². The molecule has 2 rings (SSSR count). The third-order valence-electron chi connectivity index (χ3n) is 2.61. The lowest BCUT2D eigenvalue weighted by Gasteiger charge is -2.27. The van der Waals surface area contributed by atoms with Crippen LogP contribution in [0.25, 0.3) is 11.0 Å². The highest BCUT2D eigenvalue weighted by Crippen LogP contribution is 2.22. The summed E-state index contributed by atoms with van der Waals surface area (Å²) in [5.74, 6) is 0. The van der Waals surface area contributed by atoms with Crippen LogP contribution in [0.3, 0.4) is 0 Å². The summed E-state index contributed by atoms with van der Waals surface area (Å²) in [6.07, 6.45) is 2.33. The number of nitrogens with one attached hydrogen (secondary N) is 1. The first-order chi connectivity index (χ1) is 7.61. The third-order valence-corrected chi connectivity index (χ3v) is 3.17. The fraction of sp³-hybridized carbons (Fsp3) is 0.500. The Morgan fingerprint density at radius 3 is 2.75 bits per heavy atom. The normalized spacial score (nSPS) is 11.9. The Morgan fingerprint density at radius 2 is 2.00 bits per heavy atom. The quantitative estimate of drug-likeness (QED) is 0.878. The first-order valence-corrected chi connectivity index (χ1v) is 6.34. The van der Waals surface area contributed by atoms with Gasteiger partial charge in [-0.3, -0.25) is 0 Å². The van der Waals surface area contributed by atoms with E-state index < -0.39 is 0 Å². The van der Waals surface area contributed by atoms with Crippen LogP contribution in [0.15, 0.2) is 18.2 Å². The van der Waals surface area contributed by atoms with Crippen molar-refractivity contribution in [1.29, 1.82) is 0 Å². The second-order valence-corrected chi connectivity index (χ2v) is 5.26. The van der Waals surface area contributed by atoms with Crippen LogP contribution in [0, 0.1) is 0 Å². The van der Waals surface area contributed by atoms with E-state index in [4.69, 9.17) is 0 Å². The monoisotopic (exact) mass is 235 g/mol. The number of aromatic nitrogens is 2. The molecule has 0 fully saturated rings. The van der Waals surface area contributed by atoms with Gasteiger partial charge in [0.05, 0.1) is 11.7 Å². The molecule has 4 heteroatoms. The summed E-state index contributed by atoms with van der Waals surface area (Å²) in [6, 6.07) is 6.15. The molecule has 1 aromatic carbocycles. The predicted octanol–water partition coefficient (Wildman–Crippen LogP) is 3.68. The lowest BCUT2D eigenvalue weighted by molar-refractivity contribution is 0.511. The van der Waals surface area contributed by atoms with Gasteiger partial charge in [-0.15, -0.1) is 0 Å². The van der Waals surface area contributed by atoms with Gasteiger partial charge < -0.3 is 5.32 Å². The third kappa shape index (κ3) is 2.50. The number of hydrogen-bond donors (Lipinski definition) is 1. The number of fused-ring (bicyclic) bond motifs is 1. The molecule has 0 aliphatic heterocycles. The van der Waals surface area contributed by atoms with Crippen molar-refractivity contribution in [2.45, 2.75) is 39.2 Å². The molecule has 0 atom stereocenters. The first-order valence-electron chi connectivity index (χ1n) is 5.61. The Balaban J connectivity index is 2.20. The van der Waals surface area contributed by atoms with Crippen LogP contribution in [0.4, 0.5) is 5.69 Å². The molecule has 0 saturated carbocycles. The summed E-state index contributed by atoms with van der Waals surface area (Å²) in [5.41, 5.74) is 3.20. The van der Waals surface area contributed by atoms with E-state index in [1.54, 1.807) is 0 Å². The van der Waals surface area contributed by atoms with Gasteiger partial charge >= 0.3 is 0 Å². The maximum Gasteiger partial charge on any atom is 0.106 e. The van der Waals surface area contributed by atoms with Crippen LogP contribution in [0.2, 0.25) is 0 Å². The average Bonchev–Trinajstić information content (AvgIpc) is 2.63. The van der Waals surface area contributed by atoms with Gasteiger partial charge in [-0.2, -0.15) is 8.75 Å². The zero-order chi connectivity index (χ0) is 11.6. The maximum absolute atomic E-state index is 4.25. The topological polar surface area (TPSA) is 37.8 Å². The van der Waals surface area contributed by atoms with Crippen molar-refractivity contribution in [3.8, 4) is 0 Å². The molecule has 0 unspecified atom stereocenters. The van der Waals surface area contributed by atoms with Crippen molar-refractivity contribution in [2.24, 2.45) is 0 Å². The van der Waals surface area contributed by atoms with E-state index >= 15 is 0 Å². The second kappa shape index (κ2) is 4.37. The highest BCUT2D eigenvalue weighted by atomic mass is 32.1. The fourth-order valence-corrected chi connectivity index (χ4v) is 2.46. The van der Waals surface area contributed by atoms with Crippen LogP contribution >= 0.6 is 11.7 Å². The molecule has 0 saturated heterocycles. The number of nitrogens with zero attached hydrogens (tertiary/aromatic N) is 2.